The summed E-state index contributed by atoms with van der Waals surface area (Å²) < 4.78 is 1.70. The fourth-order valence-electron chi connectivity index (χ4n) is 3.06. The van der Waals surface area contributed by atoms with Gasteiger partial charge in [0, 0.05) is 16.3 Å². The summed E-state index contributed by atoms with van der Waals surface area (Å²) in [5, 5.41) is 10.4. The van der Waals surface area contributed by atoms with Gasteiger partial charge in [-0.1, -0.05) is 24.8 Å². The van der Waals surface area contributed by atoms with E-state index in [9.17, 15) is 14.7 Å². The summed E-state index contributed by atoms with van der Waals surface area (Å²) in [4.78, 5) is 24.2. The van der Waals surface area contributed by atoms with Crippen molar-refractivity contribution in [3.8, 4) is 0 Å². The van der Waals surface area contributed by atoms with Gasteiger partial charge in [-0.2, -0.15) is 0 Å². The summed E-state index contributed by atoms with van der Waals surface area (Å²) in [7, 11) is 0. The Balaban J connectivity index is 2.66. The quantitative estimate of drug-likeness (QED) is 0.753. The van der Waals surface area contributed by atoms with Crippen molar-refractivity contribution in [3.05, 3.63) is 63.8 Å². The Bertz CT molecular complexity index is 1030. The highest BCUT2D eigenvalue weighted by molar-refractivity contribution is 5.98. The second kappa shape index (κ2) is 5.39. The van der Waals surface area contributed by atoms with Gasteiger partial charge in [-0.3, -0.25) is 9.59 Å². The van der Waals surface area contributed by atoms with Crippen molar-refractivity contribution in [2.75, 3.05) is 0 Å². The molecule has 1 aromatic heterocycles. The van der Waals surface area contributed by atoms with Gasteiger partial charge in [-0.05, 0) is 43.2 Å². The summed E-state index contributed by atoms with van der Waals surface area (Å²) in [5.74, 6) is -0.950. The number of fused-ring (bicyclic) bond motifs is 2. The first-order valence-corrected chi connectivity index (χ1v) is 7.34. The largest absolute Gasteiger partial charge is 0.480 e. The molecule has 0 aliphatic rings. The molecule has 4 nitrogen and oxygen atoms in total. The first-order valence-electron chi connectivity index (χ1n) is 7.34. The molecule has 0 aliphatic heterocycles. The maximum Gasteiger partial charge on any atom is 0.323 e. The van der Waals surface area contributed by atoms with Crippen LogP contribution >= 0.6 is 0 Å². The normalized spacial score (nSPS) is 11.0. The first-order chi connectivity index (χ1) is 10.9. The SMILES string of the molecule is C=Cc1c(C)ccc2c(=O)c3ccc(C)cc3n(CC(=O)O)c12. The van der Waals surface area contributed by atoms with E-state index < -0.39 is 5.97 Å². The Hall–Kier alpha value is -2.88. The number of benzene rings is 2. The van der Waals surface area contributed by atoms with Gasteiger partial charge < -0.3 is 9.67 Å². The van der Waals surface area contributed by atoms with Gasteiger partial charge >= 0.3 is 5.97 Å². The molecule has 0 saturated carbocycles. The Labute approximate surface area is 133 Å². The summed E-state index contributed by atoms with van der Waals surface area (Å²) in [5.41, 5.74) is 3.91. The lowest BCUT2D eigenvalue weighted by Crippen LogP contribution is -2.17. The minimum atomic E-state index is -0.950. The zero-order valence-electron chi connectivity index (χ0n) is 13.1. The molecule has 3 rings (SSSR count). The third-order valence-corrected chi connectivity index (χ3v) is 4.14. The number of aliphatic carboxylic acids is 1. The van der Waals surface area contributed by atoms with Gasteiger partial charge in [-0.25, -0.2) is 0 Å². The van der Waals surface area contributed by atoms with Crippen LogP contribution in [0.1, 0.15) is 16.7 Å². The minimum absolute atomic E-state index is 0.0836. The maximum absolute atomic E-state index is 12.8. The molecule has 0 bridgehead atoms. The molecular weight excluding hydrogens is 290 g/mol. The number of rotatable bonds is 3. The molecule has 2 aromatic carbocycles. The van der Waals surface area contributed by atoms with Gasteiger partial charge in [0.15, 0.2) is 5.43 Å². The van der Waals surface area contributed by atoms with E-state index in [1.807, 2.05) is 32.0 Å². The summed E-state index contributed by atoms with van der Waals surface area (Å²) in [6.45, 7) is 7.46. The van der Waals surface area contributed by atoms with Gasteiger partial charge in [-0.15, -0.1) is 0 Å². The number of nitrogens with zero attached hydrogens (tertiary/aromatic N) is 1. The van der Waals surface area contributed by atoms with Gasteiger partial charge in [0.1, 0.15) is 6.54 Å². The van der Waals surface area contributed by atoms with Crippen LogP contribution in [0.3, 0.4) is 0 Å². The number of carboxylic acid groups (broad SMARTS) is 1. The van der Waals surface area contributed by atoms with Crippen molar-refractivity contribution in [1.82, 2.24) is 4.57 Å². The predicted molar refractivity (Wildman–Crippen MR) is 92.9 cm³/mol. The van der Waals surface area contributed by atoms with Crippen molar-refractivity contribution in [1.29, 1.82) is 0 Å². The third kappa shape index (κ3) is 2.32. The number of carbonyl (C=O) groups is 1. The third-order valence-electron chi connectivity index (χ3n) is 4.14. The van der Waals surface area contributed by atoms with Crippen molar-refractivity contribution in [2.24, 2.45) is 0 Å². The average molecular weight is 307 g/mol. The minimum Gasteiger partial charge on any atom is -0.480 e. The number of aryl methyl sites for hydroxylation is 2. The molecule has 0 fully saturated rings. The molecule has 23 heavy (non-hydrogen) atoms. The average Bonchev–Trinajstić information content (AvgIpc) is 2.50. The smallest absolute Gasteiger partial charge is 0.323 e. The molecule has 1 N–H and O–H groups in total. The summed E-state index contributed by atoms with van der Waals surface area (Å²) >= 11 is 0. The van der Waals surface area contributed by atoms with Crippen LogP contribution < -0.4 is 5.43 Å². The highest BCUT2D eigenvalue weighted by Crippen LogP contribution is 2.26. The maximum atomic E-state index is 12.8. The Morgan fingerprint density at radius 2 is 1.91 bits per heavy atom. The van der Waals surface area contributed by atoms with E-state index in [0.717, 1.165) is 16.7 Å². The Morgan fingerprint density at radius 1 is 1.22 bits per heavy atom. The molecule has 0 aliphatic carbocycles. The lowest BCUT2D eigenvalue weighted by Gasteiger charge is -2.17. The molecule has 0 spiro atoms. The highest BCUT2D eigenvalue weighted by atomic mass is 16.4. The van der Waals surface area contributed by atoms with E-state index in [1.54, 1.807) is 22.8 Å². The summed E-state index contributed by atoms with van der Waals surface area (Å²) in [6.07, 6.45) is 1.68. The fourth-order valence-corrected chi connectivity index (χ4v) is 3.06. The van der Waals surface area contributed by atoms with Crippen LogP contribution in [0.4, 0.5) is 0 Å². The standard InChI is InChI=1S/C19H17NO3/c1-4-13-12(3)6-8-15-18(13)20(10-17(21)22)16-9-11(2)5-7-14(16)19(15)23/h4-9H,1,10H2,2-3H3,(H,21,22). The van der Waals surface area contributed by atoms with Crippen LogP contribution in [0.15, 0.2) is 41.7 Å². The zero-order chi connectivity index (χ0) is 16.7. The number of hydrogen-bond donors (Lipinski definition) is 1. The Kier molecular flexibility index (Phi) is 3.52. The van der Waals surface area contributed by atoms with Crippen LogP contribution in [0.2, 0.25) is 0 Å². The molecule has 4 heteroatoms. The monoisotopic (exact) mass is 307 g/mol. The second-order valence-corrected chi connectivity index (χ2v) is 5.73. The molecule has 1 heterocycles. The lowest BCUT2D eigenvalue weighted by atomic mass is 10.0. The second-order valence-electron chi connectivity index (χ2n) is 5.73. The van der Waals surface area contributed by atoms with Crippen LogP contribution in [0.25, 0.3) is 27.9 Å². The van der Waals surface area contributed by atoms with Crippen LogP contribution in [0, 0.1) is 13.8 Å². The molecule has 3 aromatic rings. The van der Waals surface area contributed by atoms with E-state index in [4.69, 9.17) is 0 Å². The van der Waals surface area contributed by atoms with Crippen molar-refractivity contribution in [3.63, 3.8) is 0 Å². The molecule has 0 radical (unpaired) electrons. The zero-order valence-corrected chi connectivity index (χ0v) is 13.1. The molecular formula is C19H17NO3. The van der Waals surface area contributed by atoms with Gasteiger partial charge in [0.25, 0.3) is 0 Å². The fraction of sp³-hybridized carbons (Fsp3) is 0.158. The van der Waals surface area contributed by atoms with E-state index in [0.29, 0.717) is 21.8 Å². The number of hydrogen-bond acceptors (Lipinski definition) is 2. The predicted octanol–water partition coefficient (Wildman–Crippen LogP) is 3.50. The number of carboxylic acids is 1. The Morgan fingerprint density at radius 3 is 2.57 bits per heavy atom. The number of aromatic nitrogens is 1. The van der Waals surface area contributed by atoms with E-state index in [2.05, 4.69) is 6.58 Å². The molecule has 0 amide bonds. The van der Waals surface area contributed by atoms with Crippen LogP contribution in [0.5, 0.6) is 0 Å². The highest BCUT2D eigenvalue weighted by Gasteiger charge is 2.16. The van der Waals surface area contributed by atoms with Crippen LogP contribution in [-0.4, -0.2) is 15.6 Å². The van der Waals surface area contributed by atoms with Gasteiger partial charge in [0.2, 0.25) is 0 Å². The topological polar surface area (TPSA) is 59.3 Å². The molecule has 0 saturated heterocycles. The number of pyridine rings is 1. The van der Waals surface area contributed by atoms with Crippen molar-refractivity contribution >= 4 is 33.9 Å². The summed E-state index contributed by atoms with van der Waals surface area (Å²) in [6, 6.07) is 9.11. The van der Waals surface area contributed by atoms with E-state index >= 15 is 0 Å². The van der Waals surface area contributed by atoms with Crippen molar-refractivity contribution < 1.29 is 9.90 Å². The molecule has 116 valence electrons. The molecule has 0 atom stereocenters. The first kappa shape index (κ1) is 15.0. The van der Waals surface area contributed by atoms with Crippen molar-refractivity contribution in [2.45, 2.75) is 20.4 Å². The van der Waals surface area contributed by atoms with E-state index in [-0.39, 0.29) is 12.0 Å². The van der Waals surface area contributed by atoms with E-state index in [1.165, 1.54) is 0 Å². The van der Waals surface area contributed by atoms with Gasteiger partial charge in [0.05, 0.1) is 11.0 Å². The van der Waals surface area contributed by atoms with Crippen LogP contribution in [-0.2, 0) is 11.3 Å². The lowest BCUT2D eigenvalue weighted by molar-refractivity contribution is -0.137. The molecule has 0 unspecified atom stereocenters.